The van der Waals surface area contributed by atoms with E-state index in [0.29, 0.717) is 20.2 Å². The minimum absolute atomic E-state index is 0.0297. The summed E-state index contributed by atoms with van der Waals surface area (Å²) in [5, 5.41) is 20.6. The molecule has 0 bridgehead atoms. The number of pyridine rings is 3. The summed E-state index contributed by atoms with van der Waals surface area (Å²) >= 11 is 0. The minimum Gasteiger partial charge on any atom is -0.435 e. The SMILES string of the molecule is CC1(C)c2cc3cc4ccccc4cc3[n+]3c2-c2c(cc4cc5ccccc5cc4c21)OC3.CC1(C)c2cc3ccccc3[n+]3c2-c2c(cc4cc5ccccc5cc4c21)OC3.CC1(C)c2ccc[n+]3c2-c2c(cc4cc5ccccc5cc4c21)OC3. The quantitative estimate of drug-likeness (QED) is 0.112. The molecule has 0 amide bonds. The minimum atomic E-state index is -0.114. The van der Waals surface area contributed by atoms with Gasteiger partial charge in [-0.2, -0.15) is 13.7 Å². The van der Waals surface area contributed by atoms with Crippen LogP contribution in [0, 0.1) is 0 Å². The predicted molar refractivity (Wildman–Crippen MR) is 352 cm³/mol. The Kier molecular flexibility index (Phi) is 9.63. The molecule has 15 aromatic rings. The van der Waals surface area contributed by atoms with Crippen molar-refractivity contribution in [1.29, 1.82) is 0 Å². The first-order valence-corrected chi connectivity index (χ1v) is 30.7. The highest BCUT2D eigenvalue weighted by atomic mass is 16.5. The average molecular weight is 1120 g/mol. The molecule has 0 saturated heterocycles. The van der Waals surface area contributed by atoms with Gasteiger partial charge in [-0.25, -0.2) is 0 Å². The van der Waals surface area contributed by atoms with Gasteiger partial charge in [0.05, 0.1) is 16.7 Å². The van der Waals surface area contributed by atoms with Gasteiger partial charge in [0.2, 0.25) is 28.1 Å². The summed E-state index contributed by atoms with van der Waals surface area (Å²) in [6.45, 7) is 15.8. The van der Waals surface area contributed by atoms with Crippen LogP contribution in [-0.2, 0) is 36.4 Å². The van der Waals surface area contributed by atoms with E-state index >= 15 is 0 Å². The van der Waals surface area contributed by atoms with Crippen LogP contribution >= 0.6 is 0 Å². The second-order valence-electron chi connectivity index (χ2n) is 26.6. The number of hydrogen-bond acceptors (Lipinski definition) is 3. The topological polar surface area (TPSA) is 39.3 Å². The van der Waals surface area contributed by atoms with Crippen molar-refractivity contribution in [3.8, 4) is 51.0 Å². The highest BCUT2D eigenvalue weighted by molar-refractivity contribution is 6.09. The molecule has 0 radical (unpaired) electrons. The van der Waals surface area contributed by atoms with Crippen LogP contribution in [0.25, 0.3) is 131 Å². The molecule has 6 aliphatic rings. The molecule has 0 atom stereocenters. The maximum Gasteiger partial charge on any atom is 0.293 e. The van der Waals surface area contributed by atoms with Crippen molar-refractivity contribution >= 4 is 97.2 Å². The standard InChI is InChI=1S/C31H22NO.C27H20NO.C23H18NO/c1-31(2)25-14-23-12-19-8-4-6-10-21(19)15-26(23)32-17-33-27-16-22-11-18-7-3-5-9-20(18)13-24(22)29(31)28(27)30(25)32;1-27(2)21-13-18-9-5-6-10-22(18)28-15-29-23-14-19-11-16-7-3-4-8-17(16)12-20(19)25(27)24(23)26(21)28;1-23(2)18-8-5-9-24-13-25-19-12-16-10-14-6-3-4-7-15(14)11-17(16)21(23)20(19)22(18)24/h3-16H,17H2,1-2H3;3-14H,15H2,1-2H3;3-12H,13H2,1-2H3/q3*+1. The smallest absolute Gasteiger partial charge is 0.293 e. The van der Waals surface area contributed by atoms with Crippen LogP contribution in [0.1, 0.15) is 74.9 Å². The molecular formula is C81H60N3O3+3. The summed E-state index contributed by atoms with van der Waals surface area (Å²) in [6.07, 6.45) is 2.12. The van der Waals surface area contributed by atoms with Crippen molar-refractivity contribution < 1.29 is 27.9 Å². The van der Waals surface area contributed by atoms with E-state index in [1.165, 1.54) is 164 Å². The predicted octanol–water partition coefficient (Wildman–Crippen LogP) is 18.3. The van der Waals surface area contributed by atoms with E-state index in [9.17, 15) is 0 Å². The number of nitrogens with zero attached hydrogens (tertiary/aromatic N) is 3. The van der Waals surface area contributed by atoms with Crippen LogP contribution in [-0.4, -0.2) is 0 Å². The molecule has 6 nitrogen and oxygen atoms in total. The van der Waals surface area contributed by atoms with E-state index in [0.717, 1.165) is 17.2 Å². The highest BCUT2D eigenvalue weighted by Gasteiger charge is 2.50. The zero-order chi connectivity index (χ0) is 58.0. The lowest BCUT2D eigenvalue weighted by molar-refractivity contribution is -0.717. The Morgan fingerprint density at radius 2 is 0.644 bits per heavy atom. The third-order valence-corrected chi connectivity index (χ3v) is 20.7. The lowest BCUT2D eigenvalue weighted by atomic mass is 9.79. The molecule has 12 aromatic carbocycles. The third-order valence-electron chi connectivity index (χ3n) is 20.7. The fraction of sp³-hybridized carbons (Fsp3) is 0.148. The zero-order valence-electron chi connectivity index (χ0n) is 49.5. The van der Waals surface area contributed by atoms with Crippen molar-refractivity contribution in [1.82, 2.24) is 0 Å². The van der Waals surface area contributed by atoms with Gasteiger partial charge in [0.1, 0.15) is 17.2 Å². The fourth-order valence-corrected chi connectivity index (χ4v) is 16.6. The first-order valence-electron chi connectivity index (χ1n) is 30.7. The number of para-hydroxylation sites is 1. The van der Waals surface area contributed by atoms with Gasteiger partial charge in [0, 0.05) is 61.9 Å². The summed E-state index contributed by atoms with van der Waals surface area (Å²) in [4.78, 5) is 0. The van der Waals surface area contributed by atoms with Gasteiger partial charge < -0.3 is 14.2 Å². The van der Waals surface area contributed by atoms with Crippen molar-refractivity contribution in [2.75, 3.05) is 0 Å². The first-order chi connectivity index (χ1) is 42.4. The monoisotopic (exact) mass is 1120 g/mol. The van der Waals surface area contributed by atoms with E-state index in [1.807, 2.05) is 0 Å². The van der Waals surface area contributed by atoms with Crippen LogP contribution in [0.15, 0.2) is 219 Å². The zero-order valence-corrected chi connectivity index (χ0v) is 49.5. The summed E-state index contributed by atoms with van der Waals surface area (Å²) < 4.78 is 25.9. The number of fused-ring (bicyclic) bond motifs is 14. The van der Waals surface area contributed by atoms with Crippen LogP contribution in [0.4, 0.5) is 0 Å². The van der Waals surface area contributed by atoms with Gasteiger partial charge in [0.15, 0.2) is 6.20 Å². The number of aromatic nitrogens is 3. The molecule has 6 heterocycles. The Morgan fingerprint density at radius 3 is 1.11 bits per heavy atom. The van der Waals surface area contributed by atoms with Gasteiger partial charge in [-0.3, -0.25) is 0 Å². The molecule has 87 heavy (non-hydrogen) atoms. The summed E-state index contributed by atoms with van der Waals surface area (Å²) in [5.41, 5.74) is 18.5. The van der Waals surface area contributed by atoms with E-state index < -0.39 is 0 Å². The van der Waals surface area contributed by atoms with E-state index in [2.05, 4.69) is 274 Å². The summed E-state index contributed by atoms with van der Waals surface area (Å²) in [5.74, 6) is 3.06. The number of ether oxygens (including phenoxy) is 3. The maximum atomic E-state index is 6.46. The molecular weight excluding hydrogens is 1060 g/mol. The summed E-state index contributed by atoms with van der Waals surface area (Å²) in [7, 11) is 0. The number of hydrogen-bond donors (Lipinski definition) is 0. The van der Waals surface area contributed by atoms with E-state index in [-0.39, 0.29) is 16.2 Å². The van der Waals surface area contributed by atoms with Gasteiger partial charge in [-0.15, -0.1) is 0 Å². The molecule has 0 unspecified atom stereocenters. The normalized spacial score (nSPS) is 15.7. The molecule has 0 fully saturated rings. The van der Waals surface area contributed by atoms with Gasteiger partial charge in [-0.1, -0.05) is 151 Å². The van der Waals surface area contributed by atoms with Gasteiger partial charge in [-0.05, 0) is 177 Å². The lowest BCUT2D eigenvalue weighted by Crippen LogP contribution is -2.42. The highest BCUT2D eigenvalue weighted by Crippen LogP contribution is 2.59. The number of rotatable bonds is 0. The summed E-state index contributed by atoms with van der Waals surface area (Å²) in [6, 6.07) is 77.7. The molecule has 3 aliphatic heterocycles. The first kappa shape index (κ1) is 49.1. The second kappa shape index (κ2) is 17.0. The van der Waals surface area contributed by atoms with Crippen molar-refractivity contribution in [3.63, 3.8) is 0 Å². The molecule has 0 N–H and O–H groups in total. The van der Waals surface area contributed by atoms with Gasteiger partial charge >= 0.3 is 0 Å². The second-order valence-corrected chi connectivity index (χ2v) is 26.6. The third kappa shape index (κ3) is 6.62. The van der Waals surface area contributed by atoms with Crippen molar-refractivity contribution in [3.05, 3.63) is 252 Å². The van der Waals surface area contributed by atoms with Crippen molar-refractivity contribution in [2.45, 2.75) is 78.0 Å². The molecule has 3 aliphatic carbocycles. The van der Waals surface area contributed by atoms with Crippen LogP contribution in [0.5, 0.6) is 17.2 Å². The fourth-order valence-electron chi connectivity index (χ4n) is 16.6. The van der Waals surface area contributed by atoms with Crippen LogP contribution in [0.3, 0.4) is 0 Å². The van der Waals surface area contributed by atoms with Crippen LogP contribution < -0.4 is 27.9 Å². The Labute approximate surface area is 503 Å². The van der Waals surface area contributed by atoms with Gasteiger partial charge in [0.25, 0.3) is 20.2 Å². The largest absolute Gasteiger partial charge is 0.435 e. The molecule has 0 saturated carbocycles. The van der Waals surface area contributed by atoms with E-state index in [4.69, 9.17) is 14.2 Å². The average Bonchev–Trinajstić information content (AvgIpc) is 1.59. The molecule has 0 spiro atoms. The molecule has 414 valence electrons. The molecule has 21 rings (SSSR count). The Bertz CT molecular complexity index is 5700. The Hall–Kier alpha value is -10.2. The lowest BCUT2D eigenvalue weighted by Gasteiger charge is -2.22. The molecule has 6 heteroatoms. The number of benzene rings is 12. The molecule has 3 aromatic heterocycles. The maximum absolute atomic E-state index is 6.46. The van der Waals surface area contributed by atoms with E-state index in [1.54, 1.807) is 0 Å². The Morgan fingerprint density at radius 1 is 0.287 bits per heavy atom. The van der Waals surface area contributed by atoms with Crippen LogP contribution in [0.2, 0.25) is 0 Å². The Balaban J connectivity index is 0.0000000960. The van der Waals surface area contributed by atoms with Crippen molar-refractivity contribution in [2.24, 2.45) is 0 Å².